The molecule has 0 heterocycles. The minimum Gasteiger partial charge on any atom is -0.495 e. The molecule has 0 unspecified atom stereocenters. The topological polar surface area (TPSA) is 103 Å². The third kappa shape index (κ3) is 6.80. The van der Waals surface area contributed by atoms with Gasteiger partial charge in [0.25, 0.3) is 5.91 Å². The van der Waals surface area contributed by atoms with Gasteiger partial charge in [-0.1, -0.05) is 12.1 Å². The number of nitrogens with one attached hydrogen (secondary N) is 2. The monoisotopic (exact) mass is 414 g/mol. The standard InChI is InChI=1S/C22H26N2O6/c1-14(19(25)24-17-8-6-7-9-18(17)28-5)29-20(26)15-10-12-16(13-11-15)23-21(27)30-22(2,3)4/h6-14H,1-5H3,(H,23,27)(H,24,25)/t14-/m0/s1. The van der Waals surface area contributed by atoms with E-state index in [1.54, 1.807) is 57.2 Å². The maximum absolute atomic E-state index is 12.3. The van der Waals surface area contributed by atoms with Crippen molar-refractivity contribution in [2.45, 2.75) is 39.4 Å². The van der Waals surface area contributed by atoms with Crippen LogP contribution in [-0.4, -0.2) is 36.8 Å². The van der Waals surface area contributed by atoms with Gasteiger partial charge >= 0.3 is 12.1 Å². The van der Waals surface area contributed by atoms with Gasteiger partial charge in [0.15, 0.2) is 6.10 Å². The molecule has 0 radical (unpaired) electrons. The van der Waals surface area contributed by atoms with Gasteiger partial charge in [-0.05, 0) is 64.1 Å². The normalized spacial score (nSPS) is 11.8. The van der Waals surface area contributed by atoms with E-state index in [1.807, 2.05) is 0 Å². The summed E-state index contributed by atoms with van der Waals surface area (Å²) in [5.74, 6) is -0.657. The number of hydrogen-bond donors (Lipinski definition) is 2. The van der Waals surface area contributed by atoms with Crippen molar-refractivity contribution in [3.63, 3.8) is 0 Å². The summed E-state index contributed by atoms with van der Waals surface area (Å²) < 4.78 is 15.6. The number of amides is 2. The lowest BCUT2D eigenvalue weighted by molar-refractivity contribution is -0.123. The molecule has 2 amide bonds. The molecule has 30 heavy (non-hydrogen) atoms. The van der Waals surface area contributed by atoms with Gasteiger partial charge in [0, 0.05) is 5.69 Å². The van der Waals surface area contributed by atoms with Crippen LogP contribution in [0.2, 0.25) is 0 Å². The summed E-state index contributed by atoms with van der Waals surface area (Å²) in [7, 11) is 1.50. The summed E-state index contributed by atoms with van der Waals surface area (Å²) in [5, 5.41) is 5.24. The Hall–Kier alpha value is -3.55. The number of carbonyl (C=O) groups excluding carboxylic acids is 3. The molecule has 0 bridgehead atoms. The van der Waals surface area contributed by atoms with Crippen LogP contribution in [0.3, 0.4) is 0 Å². The summed E-state index contributed by atoms with van der Waals surface area (Å²) in [4.78, 5) is 36.4. The number of benzene rings is 2. The largest absolute Gasteiger partial charge is 0.495 e. The smallest absolute Gasteiger partial charge is 0.412 e. The summed E-state index contributed by atoms with van der Waals surface area (Å²) in [6.07, 6.45) is -1.62. The number of methoxy groups -OCH3 is 1. The average Bonchev–Trinajstić information content (AvgIpc) is 2.67. The second-order valence-electron chi connectivity index (χ2n) is 7.44. The van der Waals surface area contributed by atoms with E-state index in [0.717, 1.165) is 0 Å². The van der Waals surface area contributed by atoms with Gasteiger partial charge in [0.1, 0.15) is 11.4 Å². The molecule has 8 heteroatoms. The van der Waals surface area contributed by atoms with E-state index in [-0.39, 0.29) is 5.56 Å². The van der Waals surface area contributed by atoms with E-state index in [4.69, 9.17) is 14.2 Å². The fraction of sp³-hybridized carbons (Fsp3) is 0.318. The van der Waals surface area contributed by atoms with Gasteiger partial charge in [-0.25, -0.2) is 9.59 Å². The zero-order valence-electron chi connectivity index (χ0n) is 17.6. The predicted octanol–water partition coefficient (Wildman–Crippen LogP) is 4.23. The minimum atomic E-state index is -1.03. The molecule has 0 aromatic heterocycles. The van der Waals surface area contributed by atoms with Crippen LogP contribution in [0.4, 0.5) is 16.2 Å². The second-order valence-corrected chi connectivity index (χ2v) is 7.44. The van der Waals surface area contributed by atoms with Crippen LogP contribution < -0.4 is 15.4 Å². The van der Waals surface area contributed by atoms with Crippen molar-refractivity contribution in [3.05, 3.63) is 54.1 Å². The SMILES string of the molecule is COc1ccccc1NC(=O)[C@H](C)OC(=O)c1ccc(NC(=O)OC(C)(C)C)cc1. The lowest BCUT2D eigenvalue weighted by Gasteiger charge is -2.19. The van der Waals surface area contributed by atoms with Gasteiger partial charge < -0.3 is 19.5 Å². The Morgan fingerprint density at radius 2 is 1.57 bits per heavy atom. The number of para-hydroxylation sites is 2. The Bertz CT molecular complexity index is 903. The summed E-state index contributed by atoms with van der Waals surface area (Å²) in [5.41, 5.74) is 0.559. The first kappa shape index (κ1) is 22.7. The fourth-order valence-electron chi connectivity index (χ4n) is 2.38. The third-order valence-corrected chi connectivity index (χ3v) is 3.78. The molecule has 0 aliphatic rings. The molecule has 2 aromatic carbocycles. The molecule has 2 N–H and O–H groups in total. The third-order valence-electron chi connectivity index (χ3n) is 3.78. The van der Waals surface area contributed by atoms with Crippen molar-refractivity contribution < 1.29 is 28.6 Å². The van der Waals surface area contributed by atoms with E-state index < -0.39 is 29.7 Å². The van der Waals surface area contributed by atoms with Crippen LogP contribution in [0.25, 0.3) is 0 Å². The Labute approximate surface area is 175 Å². The van der Waals surface area contributed by atoms with E-state index in [1.165, 1.54) is 26.2 Å². The molecule has 8 nitrogen and oxygen atoms in total. The fourth-order valence-corrected chi connectivity index (χ4v) is 2.38. The molecule has 0 aliphatic carbocycles. The van der Waals surface area contributed by atoms with E-state index >= 15 is 0 Å². The maximum atomic E-state index is 12.3. The first-order valence-electron chi connectivity index (χ1n) is 9.34. The Morgan fingerprint density at radius 1 is 0.933 bits per heavy atom. The molecule has 1 atom stereocenters. The highest BCUT2D eigenvalue weighted by atomic mass is 16.6. The highest BCUT2D eigenvalue weighted by molar-refractivity contribution is 5.98. The number of ether oxygens (including phenoxy) is 3. The first-order chi connectivity index (χ1) is 14.1. The highest BCUT2D eigenvalue weighted by Crippen LogP contribution is 2.23. The van der Waals surface area contributed by atoms with Crippen LogP contribution in [0.5, 0.6) is 5.75 Å². The van der Waals surface area contributed by atoms with Crippen molar-refractivity contribution in [2.24, 2.45) is 0 Å². The lowest BCUT2D eigenvalue weighted by Crippen LogP contribution is -2.30. The van der Waals surface area contributed by atoms with Crippen LogP contribution in [0.15, 0.2) is 48.5 Å². The first-order valence-corrected chi connectivity index (χ1v) is 9.34. The highest BCUT2D eigenvalue weighted by Gasteiger charge is 2.20. The van der Waals surface area contributed by atoms with Crippen LogP contribution in [0, 0.1) is 0 Å². The zero-order chi connectivity index (χ0) is 22.3. The molecular weight excluding hydrogens is 388 g/mol. The molecule has 160 valence electrons. The van der Waals surface area contributed by atoms with Gasteiger partial charge in [-0.2, -0.15) is 0 Å². The number of carbonyl (C=O) groups is 3. The number of anilines is 2. The summed E-state index contributed by atoms with van der Waals surface area (Å²) in [6.45, 7) is 6.76. The van der Waals surface area contributed by atoms with E-state index in [2.05, 4.69) is 10.6 Å². The summed E-state index contributed by atoms with van der Waals surface area (Å²) >= 11 is 0. The number of hydrogen-bond acceptors (Lipinski definition) is 6. The van der Waals surface area contributed by atoms with Crippen LogP contribution in [-0.2, 0) is 14.3 Å². The minimum absolute atomic E-state index is 0.238. The van der Waals surface area contributed by atoms with Crippen molar-refractivity contribution in [1.82, 2.24) is 0 Å². The van der Waals surface area contributed by atoms with Crippen molar-refractivity contribution in [2.75, 3.05) is 17.7 Å². The Balaban J connectivity index is 1.93. The summed E-state index contributed by atoms with van der Waals surface area (Å²) in [6, 6.07) is 13.0. The van der Waals surface area contributed by atoms with Gasteiger partial charge in [0.05, 0.1) is 18.4 Å². The molecule has 0 spiro atoms. The second kappa shape index (κ2) is 9.78. The Morgan fingerprint density at radius 3 is 2.17 bits per heavy atom. The predicted molar refractivity (Wildman–Crippen MR) is 113 cm³/mol. The molecule has 0 aliphatic heterocycles. The zero-order valence-corrected chi connectivity index (χ0v) is 17.6. The maximum Gasteiger partial charge on any atom is 0.412 e. The Kier molecular flexibility index (Phi) is 7.41. The van der Waals surface area contributed by atoms with Crippen molar-refractivity contribution in [1.29, 1.82) is 0 Å². The van der Waals surface area contributed by atoms with Crippen molar-refractivity contribution in [3.8, 4) is 5.75 Å². The molecule has 2 rings (SSSR count). The number of rotatable bonds is 6. The molecule has 0 fully saturated rings. The molecule has 0 saturated carbocycles. The van der Waals surface area contributed by atoms with E-state index in [0.29, 0.717) is 17.1 Å². The van der Waals surface area contributed by atoms with Crippen molar-refractivity contribution >= 4 is 29.3 Å². The average molecular weight is 414 g/mol. The van der Waals surface area contributed by atoms with Gasteiger partial charge in [0.2, 0.25) is 0 Å². The van der Waals surface area contributed by atoms with Gasteiger partial charge in [-0.15, -0.1) is 0 Å². The molecule has 2 aromatic rings. The van der Waals surface area contributed by atoms with Crippen LogP contribution >= 0.6 is 0 Å². The number of esters is 1. The molecular formula is C22H26N2O6. The van der Waals surface area contributed by atoms with Crippen LogP contribution in [0.1, 0.15) is 38.1 Å². The lowest BCUT2D eigenvalue weighted by atomic mass is 10.2. The van der Waals surface area contributed by atoms with E-state index in [9.17, 15) is 14.4 Å². The quantitative estimate of drug-likeness (QED) is 0.686. The molecule has 0 saturated heterocycles. The van der Waals surface area contributed by atoms with Gasteiger partial charge in [-0.3, -0.25) is 10.1 Å².